The molecular weight excluding hydrogens is 374 g/mol. The molecule has 152 valence electrons. The summed E-state index contributed by atoms with van der Waals surface area (Å²) in [5.74, 6) is -0.914. The highest BCUT2D eigenvalue weighted by Crippen LogP contribution is 2.26. The van der Waals surface area contributed by atoms with Crippen molar-refractivity contribution >= 4 is 11.6 Å². The summed E-state index contributed by atoms with van der Waals surface area (Å²) in [6, 6.07) is 17.2. The van der Waals surface area contributed by atoms with Crippen LogP contribution in [0.1, 0.15) is 53.1 Å². The van der Waals surface area contributed by atoms with Crippen LogP contribution in [-0.4, -0.2) is 25.7 Å². The molecule has 0 amide bonds. The maximum Gasteiger partial charge on any atom is 0.336 e. The second kappa shape index (κ2) is 8.49. The minimum Gasteiger partial charge on any atom is -0.478 e. The summed E-state index contributed by atoms with van der Waals surface area (Å²) in [4.78, 5) is 16.2. The van der Waals surface area contributed by atoms with Gasteiger partial charge in [-0.1, -0.05) is 62.7 Å². The lowest BCUT2D eigenvalue weighted by Crippen LogP contribution is -1.99. The molecule has 0 fully saturated rings. The summed E-state index contributed by atoms with van der Waals surface area (Å²) in [6.07, 6.45) is 5.47. The fourth-order valence-electron chi connectivity index (χ4n) is 3.90. The average molecular weight is 399 g/mol. The van der Waals surface area contributed by atoms with Gasteiger partial charge >= 0.3 is 5.97 Å². The molecule has 0 radical (unpaired) electrons. The van der Waals surface area contributed by atoms with E-state index in [9.17, 15) is 9.90 Å². The second-order valence-corrected chi connectivity index (χ2v) is 7.42. The van der Waals surface area contributed by atoms with Crippen LogP contribution < -0.4 is 0 Å². The molecular formula is C25H25N3O2. The Morgan fingerprint density at radius 3 is 2.50 bits per heavy atom. The summed E-state index contributed by atoms with van der Waals surface area (Å²) in [7, 11) is 0. The molecule has 4 aromatic rings. The van der Waals surface area contributed by atoms with Crippen molar-refractivity contribution < 1.29 is 9.90 Å². The number of nitrogens with zero attached hydrogens (tertiary/aromatic N) is 3. The standard InChI is InChI=1S/C25H25N3O2/c1-3-7-23-22(24-26-15-14-19(4-2)28(24)27-23)16-17-10-12-18(13-11-17)20-8-5-6-9-21(20)25(29)30/h5-6,8-15H,3-4,7,16H2,1-2H3,(H,29,30). The zero-order valence-corrected chi connectivity index (χ0v) is 17.3. The lowest BCUT2D eigenvalue weighted by atomic mass is 9.96. The molecule has 0 bridgehead atoms. The van der Waals surface area contributed by atoms with Crippen molar-refractivity contribution in [2.45, 2.75) is 39.5 Å². The Balaban J connectivity index is 1.70. The first-order chi connectivity index (χ1) is 14.6. The van der Waals surface area contributed by atoms with Gasteiger partial charge in [0.05, 0.1) is 11.3 Å². The van der Waals surface area contributed by atoms with Gasteiger partial charge in [0.25, 0.3) is 0 Å². The predicted octanol–water partition coefficient (Wildman–Crippen LogP) is 5.20. The van der Waals surface area contributed by atoms with E-state index in [1.807, 2.05) is 41.0 Å². The molecule has 0 aliphatic heterocycles. The fourth-order valence-corrected chi connectivity index (χ4v) is 3.90. The quantitative estimate of drug-likeness (QED) is 0.464. The van der Waals surface area contributed by atoms with E-state index >= 15 is 0 Å². The first kappa shape index (κ1) is 19.8. The van der Waals surface area contributed by atoms with Gasteiger partial charge in [0.15, 0.2) is 5.65 Å². The van der Waals surface area contributed by atoms with Crippen LogP contribution in [0.2, 0.25) is 0 Å². The summed E-state index contributed by atoms with van der Waals surface area (Å²) in [5.41, 5.74) is 7.46. The van der Waals surface area contributed by atoms with Crippen LogP contribution >= 0.6 is 0 Å². The Labute approximate surface area is 176 Å². The molecule has 0 saturated carbocycles. The van der Waals surface area contributed by atoms with Crippen LogP contribution in [0.15, 0.2) is 60.8 Å². The van der Waals surface area contributed by atoms with E-state index in [-0.39, 0.29) is 0 Å². The van der Waals surface area contributed by atoms with E-state index in [0.717, 1.165) is 59.4 Å². The van der Waals surface area contributed by atoms with Gasteiger partial charge < -0.3 is 5.11 Å². The Kier molecular flexibility index (Phi) is 5.61. The number of hydrogen-bond acceptors (Lipinski definition) is 3. The first-order valence-corrected chi connectivity index (χ1v) is 10.4. The van der Waals surface area contributed by atoms with Crippen LogP contribution in [0.4, 0.5) is 0 Å². The van der Waals surface area contributed by atoms with Crippen molar-refractivity contribution in [3.8, 4) is 11.1 Å². The van der Waals surface area contributed by atoms with E-state index in [1.54, 1.807) is 12.1 Å². The molecule has 0 aliphatic carbocycles. The number of aromatic nitrogens is 3. The van der Waals surface area contributed by atoms with Gasteiger partial charge in [0.1, 0.15) is 0 Å². The first-order valence-electron chi connectivity index (χ1n) is 10.4. The molecule has 0 aliphatic rings. The molecule has 4 rings (SSSR count). The highest BCUT2D eigenvalue weighted by atomic mass is 16.4. The minimum absolute atomic E-state index is 0.314. The third kappa shape index (κ3) is 3.71. The van der Waals surface area contributed by atoms with Gasteiger partial charge in [-0.3, -0.25) is 0 Å². The molecule has 30 heavy (non-hydrogen) atoms. The molecule has 1 N–H and O–H groups in total. The number of benzene rings is 2. The average Bonchev–Trinajstić information content (AvgIpc) is 3.11. The smallest absolute Gasteiger partial charge is 0.336 e. The zero-order valence-electron chi connectivity index (χ0n) is 17.3. The third-order valence-corrected chi connectivity index (χ3v) is 5.43. The van der Waals surface area contributed by atoms with E-state index < -0.39 is 5.97 Å². The normalized spacial score (nSPS) is 11.1. The lowest BCUT2D eigenvalue weighted by molar-refractivity contribution is 0.0697. The van der Waals surface area contributed by atoms with Crippen molar-refractivity contribution in [1.82, 2.24) is 14.6 Å². The van der Waals surface area contributed by atoms with E-state index in [2.05, 4.69) is 31.0 Å². The number of aryl methyl sites for hydroxylation is 2. The highest BCUT2D eigenvalue weighted by Gasteiger charge is 2.16. The second-order valence-electron chi connectivity index (χ2n) is 7.42. The molecule has 0 atom stereocenters. The molecule has 5 heteroatoms. The number of hydrogen-bond donors (Lipinski definition) is 1. The number of carbonyl (C=O) groups is 1. The van der Waals surface area contributed by atoms with Gasteiger partial charge in [0, 0.05) is 23.9 Å². The Bertz CT molecular complexity index is 1190. The largest absolute Gasteiger partial charge is 0.478 e. The van der Waals surface area contributed by atoms with Gasteiger partial charge in [-0.15, -0.1) is 0 Å². The molecule has 5 nitrogen and oxygen atoms in total. The fraction of sp³-hybridized carbons (Fsp3) is 0.240. The van der Waals surface area contributed by atoms with Crippen LogP contribution in [0.3, 0.4) is 0 Å². The highest BCUT2D eigenvalue weighted by molar-refractivity contribution is 5.96. The van der Waals surface area contributed by atoms with Crippen molar-refractivity contribution in [3.63, 3.8) is 0 Å². The van der Waals surface area contributed by atoms with E-state index in [1.165, 1.54) is 5.56 Å². The predicted molar refractivity (Wildman–Crippen MR) is 118 cm³/mol. The Hall–Kier alpha value is -3.47. The summed E-state index contributed by atoms with van der Waals surface area (Å²) in [5, 5.41) is 14.3. The molecule has 2 aromatic carbocycles. The maximum atomic E-state index is 11.5. The van der Waals surface area contributed by atoms with Crippen molar-refractivity contribution in [2.75, 3.05) is 0 Å². The molecule has 0 saturated heterocycles. The molecule has 0 unspecified atom stereocenters. The number of aromatic carboxylic acids is 1. The summed E-state index contributed by atoms with van der Waals surface area (Å²) < 4.78 is 1.98. The van der Waals surface area contributed by atoms with Crippen molar-refractivity contribution in [1.29, 1.82) is 0 Å². The summed E-state index contributed by atoms with van der Waals surface area (Å²) in [6.45, 7) is 4.29. The van der Waals surface area contributed by atoms with Gasteiger partial charge in [-0.2, -0.15) is 5.10 Å². The van der Waals surface area contributed by atoms with Gasteiger partial charge in [-0.25, -0.2) is 14.3 Å². The SMILES string of the molecule is CCCc1nn2c(CC)ccnc2c1Cc1ccc(-c2ccccc2C(=O)O)cc1. The van der Waals surface area contributed by atoms with Crippen molar-refractivity contribution in [3.05, 3.63) is 88.9 Å². The molecule has 2 aromatic heterocycles. The summed E-state index contributed by atoms with van der Waals surface area (Å²) >= 11 is 0. The molecule has 0 spiro atoms. The van der Waals surface area contributed by atoms with Crippen LogP contribution in [0.25, 0.3) is 16.8 Å². The van der Waals surface area contributed by atoms with Gasteiger partial charge in [-0.05, 0) is 41.7 Å². The number of carboxylic acid groups (broad SMARTS) is 1. The third-order valence-electron chi connectivity index (χ3n) is 5.43. The lowest BCUT2D eigenvalue weighted by Gasteiger charge is -2.08. The monoisotopic (exact) mass is 399 g/mol. The van der Waals surface area contributed by atoms with E-state index in [0.29, 0.717) is 5.56 Å². The van der Waals surface area contributed by atoms with Gasteiger partial charge in [0.2, 0.25) is 0 Å². The van der Waals surface area contributed by atoms with Crippen LogP contribution in [0, 0.1) is 0 Å². The Morgan fingerprint density at radius 1 is 1.03 bits per heavy atom. The maximum absolute atomic E-state index is 11.5. The van der Waals surface area contributed by atoms with Crippen LogP contribution in [0.5, 0.6) is 0 Å². The van der Waals surface area contributed by atoms with Crippen molar-refractivity contribution in [2.24, 2.45) is 0 Å². The van der Waals surface area contributed by atoms with Crippen LogP contribution in [-0.2, 0) is 19.3 Å². The number of fused-ring (bicyclic) bond motifs is 1. The number of carboxylic acids is 1. The topological polar surface area (TPSA) is 67.5 Å². The van der Waals surface area contributed by atoms with E-state index in [4.69, 9.17) is 5.10 Å². The molecule has 2 heterocycles. The number of rotatable bonds is 7. The minimum atomic E-state index is -0.914. The Morgan fingerprint density at radius 2 is 1.80 bits per heavy atom. The zero-order chi connectivity index (χ0) is 21.1.